The number of ether oxygens (including phenoxy) is 1. The second kappa shape index (κ2) is 9.50. The van der Waals surface area contributed by atoms with E-state index in [1.165, 1.54) is 22.5 Å². The van der Waals surface area contributed by atoms with Crippen LogP contribution in [0.5, 0.6) is 5.88 Å². The van der Waals surface area contributed by atoms with E-state index in [4.69, 9.17) is 15.5 Å². The number of amides is 1. The van der Waals surface area contributed by atoms with Crippen LogP contribution in [0.3, 0.4) is 0 Å². The standard InChI is InChI=1S/C30H32N6O2S/c1-16-7-8-20(17(2)11-16)23-12-19(30(4,5)31)13-24(35-23)38-25-21-14-36(15-22(21)25)29(37)26-18(3)34-28(39-26)27-32-9-6-10-33-27/h6-13,21-22,25H,14-15,31H2,1-5H3/t21-,22+,25?. The number of carbonyl (C=O) groups is 1. The van der Waals surface area contributed by atoms with Crippen molar-refractivity contribution in [3.8, 4) is 28.0 Å². The molecule has 0 radical (unpaired) electrons. The average molecular weight is 541 g/mol. The van der Waals surface area contributed by atoms with E-state index < -0.39 is 5.54 Å². The van der Waals surface area contributed by atoms with Crippen molar-refractivity contribution >= 4 is 17.2 Å². The molecule has 9 heteroatoms. The number of hydrogen-bond donors (Lipinski definition) is 1. The smallest absolute Gasteiger partial charge is 0.265 e. The molecule has 2 aliphatic rings. The molecule has 1 saturated carbocycles. The number of fused-ring (bicyclic) bond motifs is 1. The molecule has 39 heavy (non-hydrogen) atoms. The maximum absolute atomic E-state index is 13.3. The van der Waals surface area contributed by atoms with Gasteiger partial charge in [-0.05, 0) is 57.9 Å². The summed E-state index contributed by atoms with van der Waals surface area (Å²) in [4.78, 5) is 33.9. The van der Waals surface area contributed by atoms with Crippen LogP contribution in [0.25, 0.3) is 22.1 Å². The molecule has 6 rings (SSSR count). The number of carbonyl (C=O) groups excluding carboxylic acids is 1. The second-order valence-electron chi connectivity index (χ2n) is 11.2. The first-order valence-electron chi connectivity index (χ1n) is 13.2. The molecule has 1 aliphatic heterocycles. The molecule has 1 amide bonds. The van der Waals surface area contributed by atoms with Crippen LogP contribution in [0.15, 0.2) is 48.8 Å². The summed E-state index contributed by atoms with van der Waals surface area (Å²) >= 11 is 1.35. The molecule has 1 saturated heterocycles. The van der Waals surface area contributed by atoms with Gasteiger partial charge in [0.25, 0.3) is 5.91 Å². The molecule has 1 unspecified atom stereocenters. The summed E-state index contributed by atoms with van der Waals surface area (Å²) in [6.07, 6.45) is 3.40. The molecule has 3 aromatic heterocycles. The number of benzene rings is 1. The van der Waals surface area contributed by atoms with Crippen LogP contribution in [-0.4, -0.2) is 49.9 Å². The van der Waals surface area contributed by atoms with E-state index in [1.54, 1.807) is 18.5 Å². The number of piperidine rings is 1. The Morgan fingerprint density at radius 2 is 1.77 bits per heavy atom. The zero-order valence-electron chi connectivity index (χ0n) is 22.8. The van der Waals surface area contributed by atoms with Gasteiger partial charge in [0.05, 0.1) is 11.4 Å². The first-order chi connectivity index (χ1) is 18.6. The molecular formula is C30H32N6O2S. The van der Waals surface area contributed by atoms with Crippen molar-refractivity contribution in [2.45, 2.75) is 46.3 Å². The predicted octanol–water partition coefficient (Wildman–Crippen LogP) is 4.93. The van der Waals surface area contributed by atoms with Crippen LogP contribution in [-0.2, 0) is 5.54 Å². The maximum Gasteiger partial charge on any atom is 0.265 e. The molecule has 200 valence electrons. The molecule has 8 nitrogen and oxygen atoms in total. The Balaban J connectivity index is 1.17. The highest BCUT2D eigenvalue weighted by Crippen LogP contribution is 2.48. The highest BCUT2D eigenvalue weighted by molar-refractivity contribution is 7.17. The van der Waals surface area contributed by atoms with Crippen LogP contribution < -0.4 is 10.5 Å². The van der Waals surface area contributed by atoms with Gasteiger partial charge in [0.2, 0.25) is 5.88 Å². The van der Waals surface area contributed by atoms with Gasteiger partial charge in [-0.15, -0.1) is 11.3 Å². The van der Waals surface area contributed by atoms with E-state index >= 15 is 0 Å². The van der Waals surface area contributed by atoms with Crippen molar-refractivity contribution < 1.29 is 9.53 Å². The number of likely N-dealkylation sites (tertiary alicyclic amines) is 1. The van der Waals surface area contributed by atoms with E-state index in [0.29, 0.717) is 52.2 Å². The quantitative estimate of drug-likeness (QED) is 0.369. The van der Waals surface area contributed by atoms with Gasteiger partial charge in [0, 0.05) is 54.5 Å². The summed E-state index contributed by atoms with van der Waals surface area (Å²) in [5.74, 6) is 1.72. The second-order valence-corrected chi connectivity index (χ2v) is 12.2. The topological polar surface area (TPSA) is 107 Å². The van der Waals surface area contributed by atoms with E-state index in [2.05, 4.69) is 53.1 Å². The molecule has 2 fully saturated rings. The van der Waals surface area contributed by atoms with Crippen molar-refractivity contribution in [3.63, 3.8) is 0 Å². The van der Waals surface area contributed by atoms with Gasteiger partial charge in [0.15, 0.2) is 10.8 Å². The zero-order chi connectivity index (χ0) is 27.5. The summed E-state index contributed by atoms with van der Waals surface area (Å²) in [6, 6.07) is 12.1. The number of aromatic nitrogens is 4. The van der Waals surface area contributed by atoms with Crippen molar-refractivity contribution in [2.24, 2.45) is 17.6 Å². The SMILES string of the molecule is Cc1ccc(-c2cc(C(C)(C)N)cc(OC3[C@H]4CN(C(=O)c5sc(-c6ncccn6)nc5C)C[C@@H]34)n2)c(C)c1. The highest BCUT2D eigenvalue weighted by atomic mass is 32.1. The van der Waals surface area contributed by atoms with Crippen LogP contribution in [0.2, 0.25) is 0 Å². The van der Waals surface area contributed by atoms with E-state index in [-0.39, 0.29) is 12.0 Å². The van der Waals surface area contributed by atoms with Gasteiger partial charge in [-0.2, -0.15) is 0 Å². The maximum atomic E-state index is 13.3. The third kappa shape index (κ3) is 4.92. The Kier molecular flexibility index (Phi) is 6.23. The summed E-state index contributed by atoms with van der Waals surface area (Å²) in [5.41, 5.74) is 12.0. The third-order valence-corrected chi connectivity index (χ3v) is 8.75. The monoisotopic (exact) mass is 540 g/mol. The molecule has 4 heterocycles. The molecule has 1 aromatic carbocycles. The lowest BCUT2D eigenvalue weighted by atomic mass is 9.93. The minimum Gasteiger partial charge on any atom is -0.474 e. The molecule has 4 aromatic rings. The molecule has 3 atom stereocenters. The van der Waals surface area contributed by atoms with Crippen molar-refractivity contribution in [1.82, 2.24) is 24.8 Å². The molecule has 2 N–H and O–H groups in total. The fourth-order valence-electron chi connectivity index (χ4n) is 5.37. The zero-order valence-corrected chi connectivity index (χ0v) is 23.6. The minimum atomic E-state index is -0.534. The van der Waals surface area contributed by atoms with Crippen LogP contribution in [0.4, 0.5) is 0 Å². The summed E-state index contributed by atoms with van der Waals surface area (Å²) in [6.45, 7) is 11.4. The highest BCUT2D eigenvalue weighted by Gasteiger charge is 2.59. The van der Waals surface area contributed by atoms with E-state index in [9.17, 15) is 4.79 Å². The third-order valence-electron chi connectivity index (χ3n) is 7.61. The lowest BCUT2D eigenvalue weighted by Crippen LogP contribution is -2.33. The molecule has 0 spiro atoms. The Labute approximate surface area is 232 Å². The summed E-state index contributed by atoms with van der Waals surface area (Å²) in [7, 11) is 0. The number of aryl methyl sites for hydroxylation is 3. The lowest BCUT2D eigenvalue weighted by molar-refractivity contribution is 0.0755. The lowest BCUT2D eigenvalue weighted by Gasteiger charge is -2.22. The first-order valence-corrected chi connectivity index (χ1v) is 14.0. The number of pyridine rings is 1. The normalized spacial score (nSPS) is 20.2. The van der Waals surface area contributed by atoms with Crippen LogP contribution >= 0.6 is 11.3 Å². The number of rotatable bonds is 6. The van der Waals surface area contributed by atoms with Gasteiger partial charge >= 0.3 is 0 Å². The number of thiazole rings is 1. The Bertz CT molecular complexity index is 1550. The van der Waals surface area contributed by atoms with Crippen LogP contribution in [0, 0.1) is 32.6 Å². The number of hydrogen-bond acceptors (Lipinski definition) is 8. The number of nitrogens with two attached hydrogens (primary N) is 1. The molecular weight excluding hydrogens is 508 g/mol. The van der Waals surface area contributed by atoms with E-state index in [1.807, 2.05) is 31.7 Å². The minimum absolute atomic E-state index is 0.0141. The average Bonchev–Trinajstić information content (AvgIpc) is 3.21. The Morgan fingerprint density at radius 1 is 1.05 bits per heavy atom. The van der Waals surface area contributed by atoms with Gasteiger partial charge in [-0.25, -0.2) is 19.9 Å². The summed E-state index contributed by atoms with van der Waals surface area (Å²) < 4.78 is 6.44. The molecule has 0 bridgehead atoms. The fraction of sp³-hybridized carbons (Fsp3) is 0.367. The van der Waals surface area contributed by atoms with Crippen molar-refractivity contribution in [2.75, 3.05) is 13.1 Å². The Morgan fingerprint density at radius 3 is 2.44 bits per heavy atom. The Hall–Kier alpha value is -3.69. The van der Waals surface area contributed by atoms with Crippen molar-refractivity contribution in [1.29, 1.82) is 0 Å². The van der Waals surface area contributed by atoms with Gasteiger partial charge in [0.1, 0.15) is 11.0 Å². The van der Waals surface area contributed by atoms with Gasteiger partial charge in [-0.1, -0.05) is 23.8 Å². The van der Waals surface area contributed by atoms with Gasteiger partial charge in [-0.3, -0.25) is 4.79 Å². The predicted molar refractivity (Wildman–Crippen MR) is 152 cm³/mol. The van der Waals surface area contributed by atoms with Gasteiger partial charge < -0.3 is 15.4 Å². The first kappa shape index (κ1) is 25.6. The van der Waals surface area contributed by atoms with E-state index in [0.717, 1.165) is 16.8 Å². The fourth-order valence-corrected chi connectivity index (χ4v) is 6.35. The van der Waals surface area contributed by atoms with Crippen molar-refractivity contribution in [3.05, 3.63) is 76.1 Å². The summed E-state index contributed by atoms with van der Waals surface area (Å²) in [5, 5.41) is 0.662. The molecule has 1 aliphatic carbocycles. The van der Waals surface area contributed by atoms with Crippen LogP contribution in [0.1, 0.15) is 45.9 Å². The number of nitrogens with zero attached hydrogens (tertiary/aromatic N) is 5. The largest absolute Gasteiger partial charge is 0.474 e.